The van der Waals surface area contributed by atoms with Crippen molar-refractivity contribution >= 4 is 41.5 Å². The lowest BCUT2D eigenvalue weighted by Gasteiger charge is -2.09. The highest BCUT2D eigenvalue weighted by Gasteiger charge is 2.29. The minimum absolute atomic E-state index is 0.0317. The molecule has 0 aliphatic rings. The van der Waals surface area contributed by atoms with E-state index in [4.69, 9.17) is 12.2 Å². The van der Waals surface area contributed by atoms with Crippen molar-refractivity contribution in [2.24, 2.45) is 5.10 Å². The molecule has 0 amide bonds. The highest BCUT2D eigenvalue weighted by Crippen LogP contribution is 2.29. The van der Waals surface area contributed by atoms with Crippen LogP contribution in [0.15, 0.2) is 34.2 Å². The predicted molar refractivity (Wildman–Crippen MR) is 92.3 cm³/mol. The van der Waals surface area contributed by atoms with E-state index in [2.05, 4.69) is 38.0 Å². The van der Waals surface area contributed by atoms with E-state index in [0.29, 0.717) is 5.69 Å². The van der Waals surface area contributed by atoms with Crippen LogP contribution in [0.4, 0.5) is 18.9 Å². The second-order valence-corrected chi connectivity index (χ2v) is 5.39. The normalized spacial score (nSPS) is 11.5. The molecule has 0 spiro atoms. The SMILES string of the molecule is O=c1[nH]c(=S)[nH]c(O)c1C=NNC(=S)Nc1ccc(C(F)(F)F)cc1. The van der Waals surface area contributed by atoms with Gasteiger partial charge in [-0.2, -0.15) is 18.3 Å². The fraction of sp³-hybridized carbons (Fsp3) is 0.0769. The molecule has 7 nitrogen and oxygen atoms in total. The molecule has 12 heteroatoms. The first kappa shape index (κ1) is 18.6. The summed E-state index contributed by atoms with van der Waals surface area (Å²) in [4.78, 5) is 16.2. The van der Waals surface area contributed by atoms with Crippen LogP contribution in [0.2, 0.25) is 0 Å². The van der Waals surface area contributed by atoms with Crippen molar-refractivity contribution in [3.63, 3.8) is 0 Å². The highest BCUT2D eigenvalue weighted by atomic mass is 32.1. The summed E-state index contributed by atoms with van der Waals surface area (Å²) in [6.45, 7) is 0. The van der Waals surface area contributed by atoms with E-state index in [0.717, 1.165) is 18.3 Å². The zero-order chi connectivity index (χ0) is 18.6. The molecule has 25 heavy (non-hydrogen) atoms. The summed E-state index contributed by atoms with van der Waals surface area (Å²) >= 11 is 9.59. The summed E-state index contributed by atoms with van der Waals surface area (Å²) < 4.78 is 37.3. The Hall–Kier alpha value is -2.73. The van der Waals surface area contributed by atoms with Gasteiger partial charge in [-0.25, -0.2) is 0 Å². The molecule has 2 rings (SSSR count). The number of rotatable bonds is 3. The smallest absolute Gasteiger partial charge is 0.416 e. The maximum absolute atomic E-state index is 12.5. The molecule has 0 saturated carbocycles. The Morgan fingerprint density at radius 2 is 1.88 bits per heavy atom. The summed E-state index contributed by atoms with van der Waals surface area (Å²) in [6, 6.07) is 4.21. The number of alkyl halides is 3. The first-order valence-electron chi connectivity index (χ1n) is 6.49. The number of aromatic nitrogens is 2. The van der Waals surface area contributed by atoms with Crippen molar-refractivity contribution in [1.29, 1.82) is 0 Å². The standard InChI is InChI=1S/C13H10F3N5O2S2/c14-13(15,16)6-1-3-7(4-2-6)18-12(25)21-17-5-8-9(22)19-11(24)20-10(8)23/h1-5H,(H2,18,21,25)(H3,19,20,22,23,24). The van der Waals surface area contributed by atoms with Gasteiger partial charge in [-0.05, 0) is 48.7 Å². The van der Waals surface area contributed by atoms with E-state index < -0.39 is 23.2 Å². The molecule has 1 aromatic carbocycles. The van der Waals surface area contributed by atoms with Gasteiger partial charge in [0, 0.05) is 5.69 Å². The third-order valence-electron chi connectivity index (χ3n) is 2.79. The van der Waals surface area contributed by atoms with Crippen LogP contribution < -0.4 is 16.3 Å². The van der Waals surface area contributed by atoms with Crippen LogP contribution in [0.5, 0.6) is 5.88 Å². The number of halogens is 3. The molecule has 2 aromatic rings. The molecule has 0 unspecified atom stereocenters. The third-order valence-corrected chi connectivity index (χ3v) is 3.19. The fourth-order valence-corrected chi connectivity index (χ4v) is 2.02. The summed E-state index contributed by atoms with van der Waals surface area (Å²) in [6.07, 6.45) is -3.42. The fourth-order valence-electron chi connectivity index (χ4n) is 1.66. The van der Waals surface area contributed by atoms with E-state index in [9.17, 15) is 23.1 Å². The molecule has 1 aromatic heterocycles. The molecule has 0 bridgehead atoms. The van der Waals surface area contributed by atoms with Crippen molar-refractivity contribution < 1.29 is 18.3 Å². The number of aromatic amines is 2. The number of aromatic hydroxyl groups is 1. The average molecular weight is 389 g/mol. The third kappa shape index (κ3) is 5.12. The number of nitrogens with one attached hydrogen (secondary N) is 4. The van der Waals surface area contributed by atoms with Gasteiger partial charge in [-0.3, -0.25) is 15.2 Å². The van der Waals surface area contributed by atoms with E-state index in [1.54, 1.807) is 0 Å². The van der Waals surface area contributed by atoms with Crippen LogP contribution >= 0.6 is 24.4 Å². The van der Waals surface area contributed by atoms with E-state index in [-0.39, 0.29) is 15.4 Å². The average Bonchev–Trinajstić information content (AvgIpc) is 2.49. The molecule has 0 radical (unpaired) electrons. The van der Waals surface area contributed by atoms with Crippen LogP contribution in [0.1, 0.15) is 11.1 Å². The number of hydrogen-bond donors (Lipinski definition) is 5. The Balaban J connectivity index is 1.99. The molecule has 0 aliphatic heterocycles. The number of anilines is 1. The minimum atomic E-state index is -4.42. The van der Waals surface area contributed by atoms with Gasteiger partial charge in [0.2, 0.25) is 5.88 Å². The molecule has 0 saturated heterocycles. The van der Waals surface area contributed by atoms with E-state index in [1.165, 1.54) is 12.1 Å². The van der Waals surface area contributed by atoms with Gasteiger partial charge < -0.3 is 15.4 Å². The summed E-state index contributed by atoms with van der Waals surface area (Å²) in [5, 5.41) is 15.8. The predicted octanol–water partition coefficient (Wildman–Crippen LogP) is 2.48. The summed E-state index contributed by atoms with van der Waals surface area (Å²) in [5.74, 6) is -0.471. The Morgan fingerprint density at radius 3 is 2.44 bits per heavy atom. The Morgan fingerprint density at radius 1 is 1.24 bits per heavy atom. The van der Waals surface area contributed by atoms with Gasteiger partial charge in [-0.1, -0.05) is 0 Å². The van der Waals surface area contributed by atoms with Gasteiger partial charge >= 0.3 is 6.18 Å². The van der Waals surface area contributed by atoms with Crippen molar-refractivity contribution in [3.8, 4) is 5.88 Å². The van der Waals surface area contributed by atoms with Crippen molar-refractivity contribution in [2.45, 2.75) is 6.18 Å². The molecule has 1 heterocycles. The number of H-pyrrole nitrogens is 2. The lowest BCUT2D eigenvalue weighted by Crippen LogP contribution is -2.24. The van der Waals surface area contributed by atoms with Gasteiger partial charge in [0.1, 0.15) is 5.56 Å². The van der Waals surface area contributed by atoms with E-state index >= 15 is 0 Å². The minimum Gasteiger partial charge on any atom is -0.494 e. The summed E-state index contributed by atoms with van der Waals surface area (Å²) in [5.41, 5.74) is 1.04. The molecule has 0 atom stereocenters. The van der Waals surface area contributed by atoms with E-state index in [1.807, 2.05) is 0 Å². The van der Waals surface area contributed by atoms with Gasteiger partial charge in [0.25, 0.3) is 5.56 Å². The quantitative estimate of drug-likeness (QED) is 0.314. The van der Waals surface area contributed by atoms with Crippen molar-refractivity contribution in [3.05, 3.63) is 50.5 Å². The molecule has 5 N–H and O–H groups in total. The lowest BCUT2D eigenvalue weighted by molar-refractivity contribution is -0.137. The second-order valence-electron chi connectivity index (χ2n) is 4.57. The van der Waals surface area contributed by atoms with Crippen molar-refractivity contribution in [2.75, 3.05) is 5.32 Å². The molecular formula is C13H10F3N5O2S2. The zero-order valence-electron chi connectivity index (χ0n) is 12.1. The maximum Gasteiger partial charge on any atom is 0.416 e. The lowest BCUT2D eigenvalue weighted by atomic mass is 10.2. The molecular weight excluding hydrogens is 379 g/mol. The Labute approximate surface area is 148 Å². The van der Waals surface area contributed by atoms with Gasteiger partial charge in [0.05, 0.1) is 11.8 Å². The monoisotopic (exact) mass is 389 g/mol. The van der Waals surface area contributed by atoms with Gasteiger partial charge in [-0.15, -0.1) is 0 Å². The molecule has 0 fully saturated rings. The maximum atomic E-state index is 12.5. The zero-order valence-corrected chi connectivity index (χ0v) is 13.8. The van der Waals surface area contributed by atoms with Crippen LogP contribution in [0.3, 0.4) is 0 Å². The number of benzene rings is 1. The molecule has 0 aliphatic carbocycles. The first-order chi connectivity index (χ1) is 11.7. The number of hydrogen-bond acceptors (Lipinski definition) is 5. The van der Waals surface area contributed by atoms with Gasteiger partial charge in [0.15, 0.2) is 9.88 Å². The van der Waals surface area contributed by atoms with Crippen LogP contribution in [-0.2, 0) is 6.18 Å². The highest BCUT2D eigenvalue weighted by molar-refractivity contribution is 7.80. The number of thiocarbonyl (C=S) groups is 1. The topological polar surface area (TPSA) is 105 Å². The Kier molecular flexibility index (Phi) is 5.54. The second kappa shape index (κ2) is 7.44. The number of nitrogens with zero attached hydrogens (tertiary/aromatic N) is 1. The van der Waals surface area contributed by atoms with Crippen LogP contribution in [0, 0.1) is 4.77 Å². The van der Waals surface area contributed by atoms with Crippen LogP contribution in [0.25, 0.3) is 0 Å². The van der Waals surface area contributed by atoms with Crippen molar-refractivity contribution in [1.82, 2.24) is 15.4 Å². The van der Waals surface area contributed by atoms with Crippen LogP contribution in [-0.4, -0.2) is 26.4 Å². The largest absolute Gasteiger partial charge is 0.494 e. The first-order valence-corrected chi connectivity index (χ1v) is 7.31. The number of hydrazone groups is 1. The molecule has 132 valence electrons. The summed E-state index contributed by atoms with van der Waals surface area (Å²) in [7, 11) is 0. The Bertz CT molecular complexity index is 919.